The molecule has 3 N–H and O–H groups in total. The van der Waals surface area contributed by atoms with Crippen LogP contribution >= 0.6 is 11.3 Å². The van der Waals surface area contributed by atoms with Crippen LogP contribution in [0.5, 0.6) is 0 Å². The van der Waals surface area contributed by atoms with Gasteiger partial charge in [0.2, 0.25) is 0 Å². The van der Waals surface area contributed by atoms with Crippen molar-refractivity contribution in [2.45, 2.75) is 33.4 Å². The second-order valence-corrected chi connectivity index (χ2v) is 6.03. The number of hydrogen-bond acceptors (Lipinski definition) is 4. The summed E-state index contributed by atoms with van der Waals surface area (Å²) >= 11 is 1.58. The van der Waals surface area contributed by atoms with E-state index >= 15 is 0 Å². The normalized spacial score (nSPS) is 10.9. The Morgan fingerprint density at radius 1 is 1.58 bits per heavy atom. The SMILES string of the molecule is Cc1cnc(CNC(=O)c2cc(N)cn2C(C)C)s1. The molecule has 0 unspecified atom stereocenters. The van der Waals surface area contributed by atoms with Crippen LogP contribution in [-0.4, -0.2) is 15.5 Å². The number of nitrogens with zero attached hydrogens (tertiary/aromatic N) is 2. The van der Waals surface area contributed by atoms with Crippen LogP contribution < -0.4 is 11.1 Å². The van der Waals surface area contributed by atoms with Crippen molar-refractivity contribution in [3.63, 3.8) is 0 Å². The van der Waals surface area contributed by atoms with E-state index in [0.29, 0.717) is 17.9 Å². The second-order valence-electron chi connectivity index (χ2n) is 4.71. The van der Waals surface area contributed by atoms with E-state index in [-0.39, 0.29) is 11.9 Å². The summed E-state index contributed by atoms with van der Waals surface area (Å²) in [6.07, 6.45) is 3.59. The summed E-state index contributed by atoms with van der Waals surface area (Å²) in [4.78, 5) is 17.5. The highest BCUT2D eigenvalue weighted by atomic mass is 32.1. The van der Waals surface area contributed by atoms with Crippen molar-refractivity contribution in [3.8, 4) is 0 Å². The highest BCUT2D eigenvalue weighted by molar-refractivity contribution is 7.11. The molecule has 0 bridgehead atoms. The highest BCUT2D eigenvalue weighted by Crippen LogP contribution is 2.17. The lowest BCUT2D eigenvalue weighted by atomic mass is 10.3. The van der Waals surface area contributed by atoms with Crippen LogP contribution in [0.25, 0.3) is 0 Å². The van der Waals surface area contributed by atoms with Gasteiger partial charge in [0.1, 0.15) is 10.7 Å². The Labute approximate surface area is 116 Å². The summed E-state index contributed by atoms with van der Waals surface area (Å²) in [5.74, 6) is -0.127. The maximum absolute atomic E-state index is 12.2. The molecule has 0 fully saturated rings. The number of amides is 1. The van der Waals surface area contributed by atoms with Gasteiger partial charge in [0.15, 0.2) is 0 Å². The van der Waals surface area contributed by atoms with Crippen LogP contribution in [0.15, 0.2) is 18.5 Å². The Bertz CT molecular complexity index is 585. The van der Waals surface area contributed by atoms with Gasteiger partial charge < -0.3 is 15.6 Å². The molecule has 1 amide bonds. The predicted octanol–water partition coefficient (Wildman–Crippen LogP) is 2.35. The van der Waals surface area contributed by atoms with Gasteiger partial charge in [-0.25, -0.2) is 4.98 Å². The van der Waals surface area contributed by atoms with Crippen molar-refractivity contribution in [2.24, 2.45) is 0 Å². The molecule has 2 aromatic heterocycles. The fourth-order valence-electron chi connectivity index (χ4n) is 1.84. The van der Waals surface area contributed by atoms with Crippen molar-refractivity contribution >= 4 is 22.9 Å². The molecule has 102 valence electrons. The first-order valence-corrected chi connectivity index (χ1v) is 6.96. The second kappa shape index (κ2) is 5.44. The fraction of sp³-hybridized carbons (Fsp3) is 0.385. The number of carbonyl (C=O) groups is 1. The summed E-state index contributed by atoms with van der Waals surface area (Å²) in [6, 6.07) is 1.89. The summed E-state index contributed by atoms with van der Waals surface area (Å²) < 4.78 is 1.87. The smallest absolute Gasteiger partial charge is 0.268 e. The molecule has 5 nitrogen and oxygen atoms in total. The average molecular weight is 278 g/mol. The van der Waals surface area contributed by atoms with E-state index in [1.165, 1.54) is 0 Å². The monoisotopic (exact) mass is 278 g/mol. The third-order valence-corrected chi connectivity index (χ3v) is 3.64. The first-order valence-electron chi connectivity index (χ1n) is 6.14. The molecule has 0 saturated heterocycles. The lowest BCUT2D eigenvalue weighted by Gasteiger charge is -2.12. The third-order valence-electron chi connectivity index (χ3n) is 2.73. The maximum Gasteiger partial charge on any atom is 0.268 e. The van der Waals surface area contributed by atoms with Crippen LogP contribution in [0, 0.1) is 6.92 Å². The lowest BCUT2D eigenvalue weighted by molar-refractivity contribution is 0.0940. The van der Waals surface area contributed by atoms with Crippen molar-refractivity contribution in [1.29, 1.82) is 0 Å². The zero-order valence-corrected chi connectivity index (χ0v) is 12.1. The molecular formula is C13H18N4OS. The minimum Gasteiger partial charge on any atom is -0.397 e. The summed E-state index contributed by atoms with van der Waals surface area (Å²) in [6.45, 7) is 6.47. The average Bonchev–Trinajstić information content (AvgIpc) is 2.92. The van der Waals surface area contributed by atoms with E-state index < -0.39 is 0 Å². The Balaban J connectivity index is 2.07. The molecule has 2 heterocycles. The molecule has 0 aliphatic rings. The molecular weight excluding hydrogens is 260 g/mol. The number of nitrogen functional groups attached to an aromatic ring is 1. The van der Waals surface area contributed by atoms with Gasteiger partial charge in [-0.2, -0.15) is 0 Å². The van der Waals surface area contributed by atoms with Gasteiger partial charge in [-0.05, 0) is 26.8 Å². The molecule has 6 heteroatoms. The number of thiazole rings is 1. The number of hydrogen-bond donors (Lipinski definition) is 2. The Morgan fingerprint density at radius 2 is 2.32 bits per heavy atom. The Hall–Kier alpha value is -1.82. The van der Waals surface area contributed by atoms with Gasteiger partial charge in [0.05, 0.1) is 12.2 Å². The third kappa shape index (κ3) is 3.14. The molecule has 2 rings (SSSR count). The molecule has 0 atom stereocenters. The van der Waals surface area contributed by atoms with Crippen LogP contribution in [0.3, 0.4) is 0 Å². The van der Waals surface area contributed by atoms with Gasteiger partial charge in [-0.3, -0.25) is 4.79 Å². The Kier molecular flexibility index (Phi) is 3.90. The van der Waals surface area contributed by atoms with Crippen molar-refractivity contribution < 1.29 is 4.79 Å². The molecule has 19 heavy (non-hydrogen) atoms. The summed E-state index contributed by atoms with van der Waals surface area (Å²) in [7, 11) is 0. The number of aromatic nitrogens is 2. The van der Waals surface area contributed by atoms with Gasteiger partial charge in [-0.1, -0.05) is 0 Å². The highest BCUT2D eigenvalue weighted by Gasteiger charge is 2.14. The van der Waals surface area contributed by atoms with E-state index in [4.69, 9.17) is 5.73 Å². The van der Waals surface area contributed by atoms with Gasteiger partial charge in [0, 0.05) is 23.3 Å². The number of nitrogens with one attached hydrogen (secondary N) is 1. The molecule has 0 spiro atoms. The van der Waals surface area contributed by atoms with Crippen molar-refractivity contribution in [2.75, 3.05) is 5.73 Å². The molecule has 0 radical (unpaired) electrons. The zero-order valence-electron chi connectivity index (χ0n) is 11.3. The van der Waals surface area contributed by atoms with Crippen LogP contribution in [0.4, 0.5) is 5.69 Å². The minimum absolute atomic E-state index is 0.127. The van der Waals surface area contributed by atoms with E-state index in [2.05, 4.69) is 10.3 Å². The molecule has 0 saturated carbocycles. The summed E-state index contributed by atoms with van der Waals surface area (Å²) in [5.41, 5.74) is 6.94. The van der Waals surface area contributed by atoms with Crippen molar-refractivity contribution in [3.05, 3.63) is 34.0 Å². The predicted molar refractivity (Wildman–Crippen MR) is 77.3 cm³/mol. The first-order chi connectivity index (χ1) is 8.97. The number of anilines is 1. The van der Waals surface area contributed by atoms with Crippen LogP contribution in [0.2, 0.25) is 0 Å². The van der Waals surface area contributed by atoms with E-state index in [1.807, 2.05) is 25.3 Å². The quantitative estimate of drug-likeness (QED) is 0.901. The number of aryl methyl sites for hydroxylation is 1. The molecule has 0 aromatic carbocycles. The zero-order chi connectivity index (χ0) is 14.0. The Morgan fingerprint density at radius 3 is 2.89 bits per heavy atom. The van der Waals surface area contributed by atoms with E-state index in [9.17, 15) is 4.79 Å². The first kappa shape index (κ1) is 13.6. The molecule has 0 aliphatic heterocycles. The van der Waals surface area contributed by atoms with Gasteiger partial charge in [0.25, 0.3) is 5.91 Å². The van der Waals surface area contributed by atoms with Gasteiger partial charge >= 0.3 is 0 Å². The minimum atomic E-state index is -0.127. The van der Waals surface area contributed by atoms with Crippen molar-refractivity contribution in [1.82, 2.24) is 14.9 Å². The molecule has 0 aliphatic carbocycles. The number of rotatable bonds is 4. The van der Waals surface area contributed by atoms with Gasteiger partial charge in [-0.15, -0.1) is 11.3 Å². The topological polar surface area (TPSA) is 72.9 Å². The standard InChI is InChI=1S/C13H18N4OS/c1-8(2)17-7-10(14)4-11(17)13(18)16-6-12-15-5-9(3)19-12/h4-5,7-8H,6,14H2,1-3H3,(H,16,18). The maximum atomic E-state index is 12.2. The van der Waals surface area contributed by atoms with E-state index in [0.717, 1.165) is 9.88 Å². The number of nitrogens with two attached hydrogens (primary N) is 1. The number of carbonyl (C=O) groups excluding carboxylic acids is 1. The molecule has 2 aromatic rings. The summed E-state index contributed by atoms with van der Waals surface area (Å²) in [5, 5.41) is 3.77. The fourth-order valence-corrected chi connectivity index (χ4v) is 2.57. The van der Waals surface area contributed by atoms with E-state index in [1.54, 1.807) is 29.8 Å². The largest absolute Gasteiger partial charge is 0.397 e. The lowest BCUT2D eigenvalue weighted by Crippen LogP contribution is -2.25. The van der Waals surface area contributed by atoms with Crippen LogP contribution in [0.1, 0.15) is 40.3 Å². The van der Waals surface area contributed by atoms with Crippen LogP contribution in [-0.2, 0) is 6.54 Å².